The lowest BCUT2D eigenvalue weighted by molar-refractivity contribution is 0.660. The molecule has 0 atom stereocenters. The molecule has 0 radical (unpaired) electrons. The standard InChI is InChI=1S/C47H38N2/c1-47(2)40-27-13-12-24-39(40)45-41(47)28-29-44(46(45)38-26-15-21-32-20-14-25-37(32)38)49(35-22-10-5-11-23-35)36-30-42(33-16-6-3-7-17-33)48-43(31-36)34-18-8-4-9-19-34/h3-13,15-19,21-24,26-31H,14,20,25H2,1-2H3. The van der Waals surface area contributed by atoms with Crippen LogP contribution in [0.4, 0.5) is 17.1 Å². The summed E-state index contributed by atoms with van der Waals surface area (Å²) < 4.78 is 0. The molecular weight excluding hydrogens is 593 g/mol. The summed E-state index contributed by atoms with van der Waals surface area (Å²) in [5.74, 6) is 0. The second kappa shape index (κ2) is 11.8. The molecule has 2 nitrogen and oxygen atoms in total. The number of nitrogens with zero attached hydrogens (tertiary/aromatic N) is 2. The van der Waals surface area contributed by atoms with Gasteiger partial charge >= 0.3 is 0 Å². The highest BCUT2D eigenvalue weighted by Crippen LogP contribution is 2.57. The third-order valence-corrected chi connectivity index (χ3v) is 10.6. The van der Waals surface area contributed by atoms with Gasteiger partial charge in [-0.1, -0.05) is 141 Å². The maximum Gasteiger partial charge on any atom is 0.0730 e. The molecule has 0 N–H and O–H groups in total. The molecule has 0 spiro atoms. The number of aromatic nitrogens is 1. The van der Waals surface area contributed by atoms with Gasteiger partial charge in [-0.25, -0.2) is 4.98 Å². The molecular formula is C47H38N2. The summed E-state index contributed by atoms with van der Waals surface area (Å²) in [4.78, 5) is 7.72. The van der Waals surface area contributed by atoms with Crippen LogP contribution in [-0.4, -0.2) is 4.98 Å². The number of hydrogen-bond donors (Lipinski definition) is 0. The Kier molecular flexibility index (Phi) is 7.05. The van der Waals surface area contributed by atoms with E-state index in [2.05, 4.69) is 176 Å². The van der Waals surface area contributed by atoms with E-state index in [1.165, 1.54) is 56.6 Å². The van der Waals surface area contributed by atoms with E-state index in [9.17, 15) is 0 Å². The first-order valence-electron chi connectivity index (χ1n) is 17.4. The fraction of sp³-hybridized carbons (Fsp3) is 0.128. The SMILES string of the molecule is CC1(C)c2ccccc2-c2c1ccc(N(c1ccccc1)c1cc(-c3ccccc3)nc(-c3ccccc3)c1)c2-c1cccc2c1CCC2. The molecule has 1 aromatic heterocycles. The van der Waals surface area contributed by atoms with Crippen LogP contribution in [0.5, 0.6) is 0 Å². The third kappa shape index (κ3) is 4.90. The molecule has 0 bridgehead atoms. The normalized spacial score (nSPS) is 13.8. The number of pyridine rings is 1. The van der Waals surface area contributed by atoms with Gasteiger partial charge in [0.15, 0.2) is 0 Å². The number of anilines is 3. The molecule has 0 aliphatic heterocycles. The van der Waals surface area contributed by atoms with Crippen molar-refractivity contribution < 1.29 is 0 Å². The van der Waals surface area contributed by atoms with Crippen LogP contribution in [0.25, 0.3) is 44.8 Å². The van der Waals surface area contributed by atoms with Crippen LogP contribution in [0.3, 0.4) is 0 Å². The van der Waals surface area contributed by atoms with Crippen LogP contribution >= 0.6 is 0 Å². The van der Waals surface area contributed by atoms with Gasteiger partial charge in [-0.3, -0.25) is 0 Å². The highest BCUT2D eigenvalue weighted by molar-refractivity contribution is 6.02. The molecule has 49 heavy (non-hydrogen) atoms. The first-order valence-corrected chi connectivity index (χ1v) is 17.4. The molecule has 2 heteroatoms. The van der Waals surface area contributed by atoms with Crippen LogP contribution in [0.1, 0.15) is 42.5 Å². The van der Waals surface area contributed by atoms with Gasteiger partial charge in [0.2, 0.25) is 0 Å². The zero-order chi connectivity index (χ0) is 33.0. The molecule has 1 heterocycles. The predicted molar refractivity (Wildman–Crippen MR) is 205 cm³/mol. The number of rotatable bonds is 6. The lowest BCUT2D eigenvalue weighted by Gasteiger charge is -2.31. The predicted octanol–water partition coefficient (Wildman–Crippen LogP) is 12.3. The molecule has 2 aliphatic carbocycles. The molecule has 2 aliphatic rings. The largest absolute Gasteiger partial charge is 0.310 e. The molecule has 7 aromatic rings. The van der Waals surface area contributed by atoms with Crippen LogP contribution < -0.4 is 4.90 Å². The minimum atomic E-state index is -0.105. The maximum absolute atomic E-state index is 5.25. The van der Waals surface area contributed by atoms with E-state index in [1.807, 2.05) is 0 Å². The summed E-state index contributed by atoms with van der Waals surface area (Å²) in [5, 5.41) is 0. The average molecular weight is 631 g/mol. The Hall–Kier alpha value is -5.73. The van der Waals surface area contributed by atoms with Gasteiger partial charge in [0.25, 0.3) is 0 Å². The van der Waals surface area contributed by atoms with Gasteiger partial charge in [-0.2, -0.15) is 0 Å². The number of hydrogen-bond acceptors (Lipinski definition) is 2. The van der Waals surface area contributed by atoms with Crippen LogP contribution in [0, 0.1) is 0 Å². The minimum Gasteiger partial charge on any atom is -0.310 e. The summed E-state index contributed by atoms with van der Waals surface area (Å²) in [6, 6.07) is 57.3. The van der Waals surface area contributed by atoms with Crippen molar-refractivity contribution in [2.45, 2.75) is 38.5 Å². The van der Waals surface area contributed by atoms with Crippen molar-refractivity contribution in [3.8, 4) is 44.8 Å². The number of para-hydroxylation sites is 1. The van der Waals surface area contributed by atoms with E-state index in [4.69, 9.17) is 4.98 Å². The molecule has 6 aromatic carbocycles. The fourth-order valence-electron chi connectivity index (χ4n) is 8.26. The summed E-state index contributed by atoms with van der Waals surface area (Å²) in [6.07, 6.45) is 3.45. The van der Waals surface area contributed by atoms with Gasteiger partial charge < -0.3 is 4.90 Å². The second-order valence-corrected chi connectivity index (χ2v) is 13.8. The Morgan fingerprint density at radius 3 is 1.82 bits per heavy atom. The molecule has 9 rings (SSSR count). The van der Waals surface area contributed by atoms with Crippen molar-refractivity contribution in [1.82, 2.24) is 4.98 Å². The summed E-state index contributed by atoms with van der Waals surface area (Å²) in [5.41, 5.74) is 18.5. The Balaban J connectivity index is 1.39. The second-order valence-electron chi connectivity index (χ2n) is 13.8. The lowest BCUT2D eigenvalue weighted by atomic mass is 9.81. The summed E-state index contributed by atoms with van der Waals surface area (Å²) in [7, 11) is 0. The minimum absolute atomic E-state index is 0.105. The van der Waals surface area contributed by atoms with E-state index >= 15 is 0 Å². The van der Waals surface area contributed by atoms with Gasteiger partial charge in [0.05, 0.1) is 22.8 Å². The van der Waals surface area contributed by atoms with Gasteiger partial charge in [-0.15, -0.1) is 0 Å². The van der Waals surface area contributed by atoms with Crippen molar-refractivity contribution >= 4 is 17.1 Å². The van der Waals surface area contributed by atoms with Gasteiger partial charge in [0, 0.05) is 27.8 Å². The Morgan fingerprint density at radius 2 is 1.12 bits per heavy atom. The first kappa shape index (κ1) is 29.4. The Labute approximate surface area is 289 Å². The molecule has 0 unspecified atom stereocenters. The topological polar surface area (TPSA) is 16.1 Å². The van der Waals surface area contributed by atoms with Crippen LogP contribution in [-0.2, 0) is 18.3 Å². The average Bonchev–Trinajstić information content (AvgIpc) is 3.73. The van der Waals surface area contributed by atoms with E-state index in [1.54, 1.807) is 0 Å². The first-order chi connectivity index (χ1) is 24.1. The Morgan fingerprint density at radius 1 is 0.510 bits per heavy atom. The third-order valence-electron chi connectivity index (χ3n) is 10.6. The zero-order valence-corrected chi connectivity index (χ0v) is 28.0. The lowest BCUT2D eigenvalue weighted by Crippen LogP contribution is -2.16. The number of fused-ring (bicyclic) bond motifs is 4. The van der Waals surface area contributed by atoms with Crippen molar-refractivity contribution in [2.24, 2.45) is 0 Å². The molecule has 0 saturated heterocycles. The number of benzene rings is 6. The quantitative estimate of drug-likeness (QED) is 0.182. The Bertz CT molecular complexity index is 2260. The summed E-state index contributed by atoms with van der Waals surface area (Å²) >= 11 is 0. The van der Waals surface area contributed by atoms with Crippen molar-refractivity contribution in [3.05, 3.63) is 180 Å². The molecule has 236 valence electrons. The van der Waals surface area contributed by atoms with Crippen molar-refractivity contribution in [1.29, 1.82) is 0 Å². The highest BCUT2D eigenvalue weighted by Gasteiger charge is 2.39. The van der Waals surface area contributed by atoms with E-state index in [-0.39, 0.29) is 5.41 Å². The van der Waals surface area contributed by atoms with E-state index in [0.717, 1.165) is 46.7 Å². The number of aryl methyl sites for hydroxylation is 1. The fourth-order valence-corrected chi connectivity index (χ4v) is 8.26. The maximum atomic E-state index is 5.25. The smallest absolute Gasteiger partial charge is 0.0730 e. The molecule has 0 fully saturated rings. The van der Waals surface area contributed by atoms with E-state index < -0.39 is 0 Å². The van der Waals surface area contributed by atoms with Gasteiger partial charge in [0.1, 0.15) is 0 Å². The molecule has 0 saturated carbocycles. The highest BCUT2D eigenvalue weighted by atomic mass is 15.1. The zero-order valence-electron chi connectivity index (χ0n) is 28.0. The van der Waals surface area contributed by atoms with Crippen LogP contribution in [0.15, 0.2) is 158 Å². The van der Waals surface area contributed by atoms with Gasteiger partial charge in [-0.05, 0) is 88.5 Å². The van der Waals surface area contributed by atoms with E-state index in [0.29, 0.717) is 0 Å². The molecule has 0 amide bonds. The van der Waals surface area contributed by atoms with Crippen molar-refractivity contribution in [3.63, 3.8) is 0 Å². The van der Waals surface area contributed by atoms with Crippen LogP contribution in [0.2, 0.25) is 0 Å². The van der Waals surface area contributed by atoms with Crippen molar-refractivity contribution in [2.75, 3.05) is 4.90 Å². The monoisotopic (exact) mass is 630 g/mol. The summed E-state index contributed by atoms with van der Waals surface area (Å²) in [6.45, 7) is 4.76.